The zero-order valence-electron chi connectivity index (χ0n) is 19.0. The molecule has 9 nitrogen and oxygen atoms in total. The lowest BCUT2D eigenvalue weighted by molar-refractivity contribution is 0.602. The van der Waals surface area contributed by atoms with Gasteiger partial charge in [0, 0.05) is 42.4 Å². The first-order chi connectivity index (χ1) is 16.9. The van der Waals surface area contributed by atoms with Gasteiger partial charge < -0.3 is 9.47 Å². The fourth-order valence-electron chi connectivity index (χ4n) is 4.58. The number of benzene rings is 3. The molecule has 0 aliphatic carbocycles. The number of hydrogen-bond donors (Lipinski definition) is 1. The van der Waals surface area contributed by atoms with Gasteiger partial charge in [-0.1, -0.05) is 24.3 Å². The summed E-state index contributed by atoms with van der Waals surface area (Å²) >= 11 is 0. The number of anilines is 2. The molecule has 35 heavy (non-hydrogen) atoms. The fourth-order valence-corrected chi connectivity index (χ4v) is 5.44. The van der Waals surface area contributed by atoms with Gasteiger partial charge in [0.2, 0.25) is 5.82 Å². The Bertz CT molecular complexity index is 1720. The van der Waals surface area contributed by atoms with Crippen LogP contribution >= 0.6 is 0 Å². The van der Waals surface area contributed by atoms with Gasteiger partial charge in [-0.15, -0.1) is 10.2 Å². The average molecular weight is 484 g/mol. The van der Waals surface area contributed by atoms with Gasteiger partial charge in [0.25, 0.3) is 0 Å². The third kappa shape index (κ3) is 3.58. The van der Waals surface area contributed by atoms with Gasteiger partial charge in [0.1, 0.15) is 0 Å². The second-order valence-electron chi connectivity index (χ2n) is 8.49. The van der Waals surface area contributed by atoms with Crippen molar-refractivity contribution in [1.82, 2.24) is 25.2 Å². The summed E-state index contributed by atoms with van der Waals surface area (Å²) in [5.74, 6) is 0.389. The van der Waals surface area contributed by atoms with Crippen molar-refractivity contribution in [1.29, 1.82) is 0 Å². The van der Waals surface area contributed by atoms with E-state index in [1.54, 1.807) is 24.4 Å². The van der Waals surface area contributed by atoms with Crippen LogP contribution in [0.4, 0.5) is 17.1 Å². The number of rotatable bonds is 4. The van der Waals surface area contributed by atoms with Gasteiger partial charge in [-0.25, -0.2) is 8.42 Å². The van der Waals surface area contributed by atoms with E-state index >= 15 is 0 Å². The number of aryl methyl sites for hydroxylation is 1. The monoisotopic (exact) mass is 483 g/mol. The second kappa shape index (κ2) is 7.88. The Balaban J connectivity index is 1.59. The normalized spacial score (nSPS) is 13.4. The maximum Gasteiger partial charge on any atom is 0.204 e. The van der Waals surface area contributed by atoms with Crippen LogP contribution in [0.3, 0.4) is 0 Å². The second-order valence-corrected chi connectivity index (χ2v) is 10.5. The molecule has 1 N–H and O–H groups in total. The van der Waals surface area contributed by atoms with Crippen LogP contribution in [0.2, 0.25) is 0 Å². The zero-order valence-corrected chi connectivity index (χ0v) is 19.9. The van der Waals surface area contributed by atoms with Gasteiger partial charge in [-0.05, 0) is 52.6 Å². The molecule has 174 valence electrons. The van der Waals surface area contributed by atoms with Crippen molar-refractivity contribution in [3.63, 3.8) is 0 Å². The first-order valence-electron chi connectivity index (χ1n) is 11.0. The molecule has 0 bridgehead atoms. The minimum atomic E-state index is -3.53. The highest BCUT2D eigenvalue weighted by Gasteiger charge is 2.26. The first-order valence-corrected chi connectivity index (χ1v) is 12.9. The lowest BCUT2D eigenvalue weighted by Gasteiger charge is -2.31. The van der Waals surface area contributed by atoms with Crippen LogP contribution in [0.5, 0.6) is 0 Å². The summed E-state index contributed by atoms with van der Waals surface area (Å²) in [6.07, 6.45) is 5.04. The number of tetrazole rings is 1. The third-order valence-corrected chi connectivity index (χ3v) is 7.38. The molecule has 0 saturated heterocycles. The van der Waals surface area contributed by atoms with Gasteiger partial charge >= 0.3 is 0 Å². The number of fused-ring (bicyclic) bond motifs is 2. The molecule has 0 atom stereocenters. The van der Waals surface area contributed by atoms with E-state index in [4.69, 9.17) is 0 Å². The predicted molar refractivity (Wildman–Crippen MR) is 136 cm³/mol. The topological polar surface area (TPSA) is 109 Å². The minimum Gasteiger partial charge on any atom is -0.351 e. The Kier molecular flexibility index (Phi) is 4.78. The highest BCUT2D eigenvalue weighted by Crippen LogP contribution is 2.46. The Morgan fingerprint density at radius 1 is 1.00 bits per heavy atom. The molecule has 0 unspecified atom stereocenters. The molecule has 0 spiro atoms. The molecule has 1 aliphatic rings. The van der Waals surface area contributed by atoms with Crippen molar-refractivity contribution in [2.45, 2.75) is 4.90 Å². The van der Waals surface area contributed by atoms with Crippen molar-refractivity contribution in [2.75, 3.05) is 17.7 Å². The quantitative estimate of drug-likeness (QED) is 0.409. The van der Waals surface area contributed by atoms with E-state index in [-0.39, 0.29) is 4.90 Å². The van der Waals surface area contributed by atoms with Crippen LogP contribution in [0, 0.1) is 0 Å². The van der Waals surface area contributed by atoms with Crippen LogP contribution in [-0.2, 0) is 16.9 Å². The number of nitrogens with one attached hydrogen (secondary N) is 1. The molecule has 2 aromatic heterocycles. The Labute approximate surface area is 201 Å². The van der Waals surface area contributed by atoms with E-state index in [2.05, 4.69) is 54.4 Å². The number of nitrogens with zero attached hydrogens (tertiary/aromatic N) is 6. The van der Waals surface area contributed by atoms with Crippen LogP contribution in [0.15, 0.2) is 76.7 Å². The lowest BCUT2D eigenvalue weighted by Crippen LogP contribution is -2.24. The summed E-state index contributed by atoms with van der Waals surface area (Å²) in [5.41, 5.74) is 5.91. The number of hydrogen-bond acceptors (Lipinski definition) is 7. The summed E-state index contributed by atoms with van der Waals surface area (Å²) in [4.78, 5) is 6.84. The highest BCUT2D eigenvalue weighted by molar-refractivity contribution is 7.90. The van der Waals surface area contributed by atoms with E-state index in [0.29, 0.717) is 23.6 Å². The predicted octanol–water partition coefficient (Wildman–Crippen LogP) is 4.28. The molecule has 10 heteroatoms. The SMILES string of the molecule is Cn1ccc2ccc(-c3cccc4c3N(c3cc(-c5nn[nH]n5)ccc3S(C)(=O)=O)CC=N4)cc21. The van der Waals surface area contributed by atoms with Crippen molar-refractivity contribution >= 4 is 44.0 Å². The molecular weight excluding hydrogens is 462 g/mol. The van der Waals surface area contributed by atoms with Gasteiger partial charge in [-0.2, -0.15) is 5.21 Å². The molecule has 5 aromatic rings. The van der Waals surface area contributed by atoms with Crippen LogP contribution in [-0.4, -0.2) is 52.6 Å². The van der Waals surface area contributed by atoms with E-state index < -0.39 is 9.84 Å². The van der Waals surface area contributed by atoms with Gasteiger partial charge in [0.05, 0.1) is 28.5 Å². The van der Waals surface area contributed by atoms with Gasteiger partial charge in [0.15, 0.2) is 9.84 Å². The number of aromatic nitrogens is 5. The van der Waals surface area contributed by atoms with Gasteiger partial charge in [-0.3, -0.25) is 4.99 Å². The summed E-state index contributed by atoms with van der Waals surface area (Å²) in [6.45, 7) is 0.411. The number of aliphatic imine (C=N–C) groups is 1. The third-order valence-electron chi connectivity index (χ3n) is 6.23. The Morgan fingerprint density at radius 3 is 2.66 bits per heavy atom. The first kappa shape index (κ1) is 21.2. The number of H-pyrrole nitrogens is 1. The minimum absolute atomic E-state index is 0.221. The van der Waals surface area contributed by atoms with Crippen molar-refractivity contribution in [2.24, 2.45) is 12.0 Å². The molecule has 0 radical (unpaired) electrons. The molecule has 3 heterocycles. The van der Waals surface area contributed by atoms with E-state index in [9.17, 15) is 8.42 Å². The average Bonchev–Trinajstić information content (AvgIpc) is 3.53. The maximum atomic E-state index is 12.8. The molecule has 0 fully saturated rings. The molecule has 6 rings (SSSR count). The maximum absolute atomic E-state index is 12.8. The number of para-hydroxylation sites is 1. The van der Waals surface area contributed by atoms with Crippen molar-refractivity contribution in [3.8, 4) is 22.5 Å². The number of sulfone groups is 1. The summed E-state index contributed by atoms with van der Waals surface area (Å²) in [5, 5.41) is 15.4. The van der Waals surface area contributed by atoms with Crippen molar-refractivity contribution in [3.05, 3.63) is 66.9 Å². The molecule has 1 aliphatic heterocycles. The van der Waals surface area contributed by atoms with Crippen LogP contribution < -0.4 is 4.90 Å². The van der Waals surface area contributed by atoms with Crippen LogP contribution in [0.25, 0.3) is 33.4 Å². The summed E-state index contributed by atoms with van der Waals surface area (Å²) in [6, 6.07) is 19.4. The molecular formula is C25H21N7O2S. The molecule has 3 aromatic carbocycles. The van der Waals surface area contributed by atoms with Crippen molar-refractivity contribution < 1.29 is 8.42 Å². The van der Waals surface area contributed by atoms with Crippen LogP contribution in [0.1, 0.15) is 0 Å². The van der Waals surface area contributed by atoms with E-state index in [0.717, 1.165) is 33.4 Å². The summed E-state index contributed by atoms with van der Waals surface area (Å²) in [7, 11) is -1.51. The largest absolute Gasteiger partial charge is 0.351 e. The Morgan fingerprint density at radius 2 is 1.86 bits per heavy atom. The zero-order chi connectivity index (χ0) is 24.2. The van der Waals surface area contributed by atoms with E-state index in [1.807, 2.05) is 36.3 Å². The summed E-state index contributed by atoms with van der Waals surface area (Å²) < 4.78 is 27.7. The lowest BCUT2D eigenvalue weighted by atomic mass is 9.99. The van der Waals surface area contributed by atoms with E-state index in [1.165, 1.54) is 6.26 Å². The highest BCUT2D eigenvalue weighted by atomic mass is 32.2. The Hall–Kier alpha value is -4.31. The number of aromatic amines is 1. The molecule has 0 saturated carbocycles. The fraction of sp³-hybridized carbons (Fsp3) is 0.120. The standard InChI is InChI=1S/C25H21N7O2S/c1-31-12-10-16-6-7-17(14-21(16)31)19-4-3-5-20-24(19)32(13-11-26-20)22-15-18(25-27-29-30-28-25)8-9-23(22)35(2,33)34/h3-12,14-15H,13H2,1-2H3,(H,27,28,29,30). The molecule has 0 amide bonds. The smallest absolute Gasteiger partial charge is 0.204 e.